The van der Waals surface area contributed by atoms with Gasteiger partial charge in [-0.15, -0.1) is 0 Å². The highest BCUT2D eigenvalue weighted by molar-refractivity contribution is 5.85. The number of carboxylic acids is 1. The summed E-state index contributed by atoms with van der Waals surface area (Å²) in [4.78, 5) is 25.9. The minimum absolute atomic E-state index is 0.0737. The second kappa shape index (κ2) is 6.75. The average molecular weight is 299 g/mol. The normalized spacial score (nSPS) is 36.7. The molecule has 2 N–H and O–H groups in total. The second-order valence-electron chi connectivity index (χ2n) is 6.27. The zero-order valence-corrected chi connectivity index (χ0v) is 12.7. The first-order chi connectivity index (χ1) is 9.97. The van der Waals surface area contributed by atoms with Crippen molar-refractivity contribution in [3.05, 3.63) is 0 Å². The largest absolute Gasteiger partial charge is 0.481 e. The predicted octanol–water partition coefficient (Wildman–Crippen LogP) is 0.732. The fourth-order valence-electron chi connectivity index (χ4n) is 3.47. The number of carboxylic acid groups (broad SMARTS) is 1. The van der Waals surface area contributed by atoms with Crippen LogP contribution >= 0.6 is 0 Å². The van der Waals surface area contributed by atoms with Gasteiger partial charge in [0.05, 0.1) is 37.2 Å². The van der Waals surface area contributed by atoms with Gasteiger partial charge in [-0.3, -0.25) is 9.59 Å². The van der Waals surface area contributed by atoms with Crippen LogP contribution in [-0.2, 0) is 14.3 Å². The van der Waals surface area contributed by atoms with Gasteiger partial charge in [0.15, 0.2) is 0 Å². The Morgan fingerprint density at radius 1 is 1.29 bits per heavy atom. The van der Waals surface area contributed by atoms with Crippen molar-refractivity contribution >= 4 is 11.9 Å². The number of rotatable bonds is 4. The SMILES string of the molecule is CCC1CC(C(=O)O)C(C(=O)N2CC(CO)OCC2C)C1. The maximum absolute atomic E-state index is 12.8. The monoisotopic (exact) mass is 299 g/mol. The second-order valence-corrected chi connectivity index (χ2v) is 6.27. The molecule has 5 unspecified atom stereocenters. The summed E-state index contributed by atoms with van der Waals surface area (Å²) in [5.41, 5.74) is 0. The predicted molar refractivity (Wildman–Crippen MR) is 75.6 cm³/mol. The van der Waals surface area contributed by atoms with Crippen LogP contribution in [0.15, 0.2) is 0 Å². The molecule has 1 amide bonds. The van der Waals surface area contributed by atoms with Crippen molar-refractivity contribution in [1.82, 2.24) is 4.90 Å². The van der Waals surface area contributed by atoms with Gasteiger partial charge < -0.3 is 19.8 Å². The Morgan fingerprint density at radius 3 is 2.52 bits per heavy atom. The van der Waals surface area contributed by atoms with Crippen molar-refractivity contribution in [3.63, 3.8) is 0 Å². The van der Waals surface area contributed by atoms with Gasteiger partial charge in [-0.25, -0.2) is 0 Å². The zero-order chi connectivity index (χ0) is 15.6. The molecular weight excluding hydrogens is 274 g/mol. The van der Waals surface area contributed by atoms with Gasteiger partial charge in [0, 0.05) is 6.54 Å². The standard InChI is InChI=1S/C15H25NO5/c1-3-10-4-12(13(5-10)15(19)20)14(18)16-6-11(7-17)21-8-9(16)2/h9-13,17H,3-8H2,1-2H3,(H,19,20). The quantitative estimate of drug-likeness (QED) is 0.799. The molecule has 1 saturated carbocycles. The molecule has 0 spiro atoms. The Balaban J connectivity index is 2.11. The summed E-state index contributed by atoms with van der Waals surface area (Å²) in [7, 11) is 0. The van der Waals surface area contributed by atoms with Crippen molar-refractivity contribution in [1.29, 1.82) is 0 Å². The van der Waals surface area contributed by atoms with Crippen LogP contribution in [0.1, 0.15) is 33.1 Å². The van der Waals surface area contributed by atoms with Crippen LogP contribution in [-0.4, -0.2) is 58.9 Å². The Morgan fingerprint density at radius 2 is 1.95 bits per heavy atom. The zero-order valence-electron chi connectivity index (χ0n) is 12.7. The lowest BCUT2D eigenvalue weighted by Gasteiger charge is -2.39. The molecule has 1 heterocycles. The summed E-state index contributed by atoms with van der Waals surface area (Å²) in [5, 5.41) is 18.6. The maximum atomic E-state index is 12.8. The first kappa shape index (κ1) is 16.2. The topological polar surface area (TPSA) is 87.1 Å². The number of carbonyl (C=O) groups is 2. The minimum Gasteiger partial charge on any atom is -0.481 e. The summed E-state index contributed by atoms with van der Waals surface area (Å²) in [6, 6.07) is -0.0737. The van der Waals surface area contributed by atoms with Crippen molar-refractivity contribution in [2.45, 2.75) is 45.3 Å². The highest BCUT2D eigenvalue weighted by atomic mass is 16.5. The van der Waals surface area contributed by atoms with E-state index in [4.69, 9.17) is 4.74 Å². The van der Waals surface area contributed by atoms with Crippen molar-refractivity contribution in [2.24, 2.45) is 17.8 Å². The highest BCUT2D eigenvalue weighted by Crippen LogP contribution is 2.40. The number of aliphatic hydroxyl groups excluding tert-OH is 1. The van der Waals surface area contributed by atoms with Crippen molar-refractivity contribution in [2.75, 3.05) is 19.8 Å². The average Bonchev–Trinajstić information content (AvgIpc) is 2.91. The summed E-state index contributed by atoms with van der Waals surface area (Å²) >= 11 is 0. The molecule has 1 aliphatic carbocycles. The van der Waals surface area contributed by atoms with Gasteiger partial charge in [-0.05, 0) is 25.7 Å². The van der Waals surface area contributed by atoms with Gasteiger partial charge in [-0.2, -0.15) is 0 Å². The van der Waals surface area contributed by atoms with E-state index in [1.54, 1.807) is 4.90 Å². The first-order valence-corrected chi connectivity index (χ1v) is 7.73. The van der Waals surface area contributed by atoms with E-state index in [0.29, 0.717) is 31.9 Å². The van der Waals surface area contributed by atoms with Crippen LogP contribution in [0.5, 0.6) is 0 Å². The van der Waals surface area contributed by atoms with Gasteiger partial charge in [0.2, 0.25) is 5.91 Å². The van der Waals surface area contributed by atoms with E-state index in [9.17, 15) is 19.8 Å². The summed E-state index contributed by atoms with van der Waals surface area (Å²) < 4.78 is 5.44. The van der Waals surface area contributed by atoms with E-state index in [1.807, 2.05) is 13.8 Å². The fraction of sp³-hybridized carbons (Fsp3) is 0.867. The molecule has 6 nitrogen and oxygen atoms in total. The van der Waals surface area contributed by atoms with Crippen LogP contribution in [0.3, 0.4) is 0 Å². The molecule has 0 aromatic carbocycles. The lowest BCUT2D eigenvalue weighted by molar-refractivity contribution is -0.156. The molecule has 1 aliphatic heterocycles. The third-order valence-corrected chi connectivity index (χ3v) is 4.86. The molecule has 2 aliphatic rings. The van der Waals surface area contributed by atoms with E-state index in [0.717, 1.165) is 6.42 Å². The molecule has 2 fully saturated rings. The lowest BCUT2D eigenvalue weighted by Crippen LogP contribution is -2.54. The number of carbonyl (C=O) groups excluding carboxylic acids is 1. The van der Waals surface area contributed by atoms with Crippen LogP contribution in [0.2, 0.25) is 0 Å². The number of amides is 1. The Bertz CT molecular complexity index is 400. The van der Waals surface area contributed by atoms with Gasteiger partial charge in [-0.1, -0.05) is 13.3 Å². The molecule has 21 heavy (non-hydrogen) atoms. The number of hydrogen-bond acceptors (Lipinski definition) is 4. The Hall–Kier alpha value is -1.14. The lowest BCUT2D eigenvalue weighted by atomic mass is 9.93. The summed E-state index contributed by atoms with van der Waals surface area (Å²) in [6.45, 7) is 4.54. The van der Waals surface area contributed by atoms with E-state index >= 15 is 0 Å². The van der Waals surface area contributed by atoms with Crippen LogP contribution in [0.25, 0.3) is 0 Å². The molecule has 2 rings (SSSR count). The number of ether oxygens (including phenoxy) is 1. The fourth-order valence-corrected chi connectivity index (χ4v) is 3.47. The van der Waals surface area contributed by atoms with E-state index < -0.39 is 17.8 Å². The molecule has 0 aromatic heterocycles. The molecule has 6 heteroatoms. The van der Waals surface area contributed by atoms with Crippen LogP contribution < -0.4 is 0 Å². The number of aliphatic carboxylic acids is 1. The number of hydrogen-bond donors (Lipinski definition) is 2. The molecule has 1 saturated heterocycles. The number of nitrogens with zero attached hydrogens (tertiary/aromatic N) is 1. The van der Waals surface area contributed by atoms with E-state index in [2.05, 4.69) is 0 Å². The number of morpholine rings is 1. The van der Waals surface area contributed by atoms with E-state index in [-0.39, 0.29) is 24.7 Å². The molecule has 0 bridgehead atoms. The summed E-state index contributed by atoms with van der Waals surface area (Å²) in [5.74, 6) is -1.67. The third-order valence-electron chi connectivity index (χ3n) is 4.86. The maximum Gasteiger partial charge on any atom is 0.307 e. The third kappa shape index (κ3) is 3.37. The van der Waals surface area contributed by atoms with Gasteiger partial charge in [0.25, 0.3) is 0 Å². The van der Waals surface area contributed by atoms with Crippen LogP contribution in [0.4, 0.5) is 0 Å². The van der Waals surface area contributed by atoms with E-state index in [1.165, 1.54) is 0 Å². The van der Waals surface area contributed by atoms with Crippen molar-refractivity contribution in [3.8, 4) is 0 Å². The Labute approximate surface area is 125 Å². The highest BCUT2D eigenvalue weighted by Gasteiger charge is 2.45. The van der Waals surface area contributed by atoms with Crippen molar-refractivity contribution < 1.29 is 24.5 Å². The van der Waals surface area contributed by atoms with Gasteiger partial charge >= 0.3 is 5.97 Å². The number of aliphatic hydroxyl groups is 1. The molecule has 0 radical (unpaired) electrons. The first-order valence-electron chi connectivity index (χ1n) is 7.73. The summed E-state index contributed by atoms with van der Waals surface area (Å²) in [6.07, 6.45) is 1.78. The molecule has 5 atom stereocenters. The smallest absolute Gasteiger partial charge is 0.307 e. The Kier molecular flexibility index (Phi) is 5.22. The minimum atomic E-state index is -0.871. The van der Waals surface area contributed by atoms with Gasteiger partial charge in [0.1, 0.15) is 0 Å². The molecular formula is C15H25NO5. The van der Waals surface area contributed by atoms with Crippen LogP contribution in [0, 0.1) is 17.8 Å². The molecule has 120 valence electrons. The molecule has 0 aromatic rings.